The van der Waals surface area contributed by atoms with Crippen molar-refractivity contribution in [3.8, 4) is 0 Å². The lowest BCUT2D eigenvalue weighted by molar-refractivity contribution is -0.161. The van der Waals surface area contributed by atoms with Crippen LogP contribution in [0.25, 0.3) is 0 Å². The average molecular weight is 227 g/mol. The first-order valence-corrected chi connectivity index (χ1v) is 6.38. The van der Waals surface area contributed by atoms with Crippen LogP contribution in [0.3, 0.4) is 0 Å². The van der Waals surface area contributed by atoms with Crippen molar-refractivity contribution in [2.24, 2.45) is 5.92 Å². The number of hydrogen-bond donors (Lipinski definition) is 1. The summed E-state index contributed by atoms with van der Waals surface area (Å²) in [4.78, 5) is 11.8. The first-order chi connectivity index (χ1) is 7.42. The topological polar surface area (TPSA) is 38.3 Å². The monoisotopic (exact) mass is 227 g/mol. The molecule has 0 bridgehead atoms. The Hall–Kier alpha value is -0.570. The summed E-state index contributed by atoms with van der Waals surface area (Å²) in [6.45, 7) is 8.92. The third-order valence-corrected chi connectivity index (χ3v) is 2.96. The molecule has 0 aliphatic heterocycles. The van der Waals surface area contributed by atoms with Crippen molar-refractivity contribution in [3.05, 3.63) is 0 Å². The summed E-state index contributed by atoms with van der Waals surface area (Å²) in [6.07, 6.45) is 4.12. The molecule has 1 rings (SSSR count). The zero-order valence-electron chi connectivity index (χ0n) is 11.0. The first-order valence-electron chi connectivity index (χ1n) is 6.38. The number of carbonyl (C=O) groups is 1. The highest BCUT2D eigenvalue weighted by molar-refractivity contribution is 5.73. The minimum absolute atomic E-state index is 0.0116. The molecular weight excluding hydrogens is 202 g/mol. The molecule has 0 saturated heterocycles. The molecule has 0 radical (unpaired) electrons. The Bertz CT molecular complexity index is 225. The fourth-order valence-corrected chi connectivity index (χ4v) is 2.21. The van der Waals surface area contributed by atoms with Gasteiger partial charge in [0, 0.05) is 6.04 Å². The lowest BCUT2D eigenvalue weighted by Crippen LogP contribution is -2.36. The fourth-order valence-electron chi connectivity index (χ4n) is 2.21. The largest absolute Gasteiger partial charge is 0.460 e. The summed E-state index contributed by atoms with van der Waals surface area (Å²) in [7, 11) is 0. The van der Waals surface area contributed by atoms with Crippen LogP contribution in [0, 0.1) is 5.92 Å². The van der Waals surface area contributed by atoms with Crippen molar-refractivity contribution in [2.45, 2.75) is 65.0 Å². The van der Waals surface area contributed by atoms with E-state index in [2.05, 4.69) is 12.2 Å². The van der Waals surface area contributed by atoms with Gasteiger partial charge in [-0.3, -0.25) is 4.79 Å². The molecular formula is C13H25NO2. The van der Waals surface area contributed by atoms with E-state index in [9.17, 15) is 4.79 Å². The van der Waals surface area contributed by atoms with E-state index in [1.807, 2.05) is 20.8 Å². The normalized spacial score (nSPS) is 26.5. The minimum Gasteiger partial charge on any atom is -0.460 e. The molecule has 0 spiro atoms. The van der Waals surface area contributed by atoms with Crippen molar-refractivity contribution in [1.29, 1.82) is 0 Å². The van der Waals surface area contributed by atoms with Crippen LogP contribution in [-0.4, -0.2) is 24.2 Å². The van der Waals surface area contributed by atoms with Gasteiger partial charge in [0.2, 0.25) is 0 Å². The summed E-state index contributed by atoms with van der Waals surface area (Å²) < 4.78 is 5.41. The van der Waals surface area contributed by atoms with Crippen molar-refractivity contribution in [3.63, 3.8) is 0 Å². The predicted octanol–water partition coefficient (Wildman–Crippen LogP) is 2.50. The Morgan fingerprint density at radius 2 is 1.81 bits per heavy atom. The molecule has 0 aromatic rings. The van der Waals surface area contributed by atoms with E-state index in [1.165, 1.54) is 0 Å². The van der Waals surface area contributed by atoms with Crippen molar-refractivity contribution >= 4 is 5.97 Å². The van der Waals surface area contributed by atoms with Gasteiger partial charge in [-0.05, 0) is 53.0 Å². The molecule has 3 nitrogen and oxygen atoms in total. The molecule has 1 saturated carbocycles. The molecule has 1 aliphatic carbocycles. The third-order valence-electron chi connectivity index (χ3n) is 2.96. The van der Waals surface area contributed by atoms with E-state index < -0.39 is 0 Å². The summed E-state index contributed by atoms with van der Waals surface area (Å²) >= 11 is 0. The maximum absolute atomic E-state index is 11.8. The zero-order valence-corrected chi connectivity index (χ0v) is 11.0. The van der Waals surface area contributed by atoms with Gasteiger partial charge in [0.25, 0.3) is 0 Å². The molecule has 0 aromatic heterocycles. The van der Waals surface area contributed by atoms with Gasteiger partial charge in [-0.15, -0.1) is 0 Å². The predicted molar refractivity (Wildman–Crippen MR) is 65.3 cm³/mol. The van der Waals surface area contributed by atoms with Gasteiger partial charge >= 0.3 is 5.97 Å². The van der Waals surface area contributed by atoms with Crippen LogP contribution in [0.15, 0.2) is 0 Å². The number of carbonyl (C=O) groups excluding carboxylic acids is 1. The molecule has 16 heavy (non-hydrogen) atoms. The highest BCUT2D eigenvalue weighted by atomic mass is 16.6. The highest BCUT2D eigenvalue weighted by Gasteiger charge is 2.29. The molecule has 0 amide bonds. The summed E-state index contributed by atoms with van der Waals surface area (Å²) in [5.41, 5.74) is -0.352. The average Bonchev–Trinajstić information content (AvgIpc) is 2.16. The molecule has 0 aromatic carbocycles. The lowest BCUT2D eigenvalue weighted by Gasteiger charge is -2.30. The van der Waals surface area contributed by atoms with E-state index in [0.717, 1.165) is 32.2 Å². The van der Waals surface area contributed by atoms with E-state index in [4.69, 9.17) is 4.74 Å². The van der Waals surface area contributed by atoms with Gasteiger partial charge in [0.15, 0.2) is 0 Å². The Labute approximate surface area is 98.9 Å². The molecule has 1 N–H and O–H groups in total. The quantitative estimate of drug-likeness (QED) is 0.753. The van der Waals surface area contributed by atoms with Crippen LogP contribution < -0.4 is 5.32 Å². The number of esters is 1. The molecule has 1 aliphatic rings. The van der Waals surface area contributed by atoms with Gasteiger partial charge in [0.05, 0.1) is 5.92 Å². The summed E-state index contributed by atoms with van der Waals surface area (Å²) in [6, 6.07) is 0.601. The van der Waals surface area contributed by atoms with Crippen LogP contribution in [0.2, 0.25) is 0 Å². The molecule has 3 heteroatoms. The van der Waals surface area contributed by atoms with Gasteiger partial charge < -0.3 is 10.1 Å². The number of rotatable bonds is 3. The summed E-state index contributed by atoms with van der Waals surface area (Å²) in [5, 5.41) is 3.44. The van der Waals surface area contributed by atoms with E-state index in [-0.39, 0.29) is 17.5 Å². The summed E-state index contributed by atoms with van der Waals surface area (Å²) in [5.74, 6) is 0.108. The third kappa shape index (κ3) is 4.52. The second-order valence-electron chi connectivity index (χ2n) is 5.64. The fraction of sp³-hybridized carbons (Fsp3) is 0.923. The molecule has 0 atom stereocenters. The number of hydrogen-bond acceptors (Lipinski definition) is 3. The second-order valence-corrected chi connectivity index (χ2v) is 5.64. The second kappa shape index (κ2) is 5.67. The van der Waals surface area contributed by atoms with Gasteiger partial charge in [-0.2, -0.15) is 0 Å². The van der Waals surface area contributed by atoms with Crippen LogP contribution in [0.1, 0.15) is 53.4 Å². The minimum atomic E-state index is -0.352. The standard InChI is InChI=1S/C13H25NO2/c1-5-14-11-8-6-10(7-9-11)12(15)16-13(2,3)4/h10-11,14H,5-9H2,1-4H3. The van der Waals surface area contributed by atoms with Crippen LogP contribution >= 0.6 is 0 Å². The Balaban J connectivity index is 2.33. The Kier molecular flexibility index (Phi) is 4.78. The van der Waals surface area contributed by atoms with Gasteiger partial charge in [-0.25, -0.2) is 0 Å². The molecule has 0 heterocycles. The van der Waals surface area contributed by atoms with Crippen LogP contribution in [0.5, 0.6) is 0 Å². The van der Waals surface area contributed by atoms with E-state index in [0.29, 0.717) is 6.04 Å². The zero-order chi connectivity index (χ0) is 12.2. The number of ether oxygens (including phenoxy) is 1. The van der Waals surface area contributed by atoms with Gasteiger partial charge in [0.1, 0.15) is 5.60 Å². The SMILES string of the molecule is CCNC1CCC(C(=O)OC(C)(C)C)CC1. The maximum Gasteiger partial charge on any atom is 0.309 e. The maximum atomic E-state index is 11.8. The van der Waals surface area contributed by atoms with E-state index >= 15 is 0 Å². The highest BCUT2D eigenvalue weighted by Crippen LogP contribution is 2.26. The van der Waals surface area contributed by atoms with Crippen LogP contribution in [0.4, 0.5) is 0 Å². The van der Waals surface area contributed by atoms with Crippen molar-refractivity contribution in [2.75, 3.05) is 6.54 Å². The Morgan fingerprint density at radius 1 is 1.25 bits per heavy atom. The van der Waals surface area contributed by atoms with Crippen molar-refractivity contribution < 1.29 is 9.53 Å². The molecule has 1 fully saturated rings. The first kappa shape index (κ1) is 13.5. The number of nitrogens with one attached hydrogen (secondary N) is 1. The molecule has 0 unspecified atom stereocenters. The van der Waals surface area contributed by atoms with Crippen LogP contribution in [-0.2, 0) is 9.53 Å². The Morgan fingerprint density at radius 3 is 2.25 bits per heavy atom. The molecule has 94 valence electrons. The smallest absolute Gasteiger partial charge is 0.309 e. The van der Waals surface area contributed by atoms with E-state index in [1.54, 1.807) is 0 Å². The lowest BCUT2D eigenvalue weighted by atomic mass is 9.86. The van der Waals surface area contributed by atoms with Gasteiger partial charge in [-0.1, -0.05) is 6.92 Å². The van der Waals surface area contributed by atoms with Crippen molar-refractivity contribution in [1.82, 2.24) is 5.32 Å².